The fourth-order valence-corrected chi connectivity index (χ4v) is 2.42. The van der Waals surface area contributed by atoms with E-state index in [1.807, 2.05) is 30.3 Å². The molecule has 1 aliphatic rings. The first kappa shape index (κ1) is 13.6. The average Bonchev–Trinajstić information content (AvgIpc) is 2.42. The molecule has 2 amide bonds. The normalized spacial score (nSPS) is 19.3. The number of nitrogens with zero attached hydrogens (tertiary/aromatic N) is 1. The maximum atomic E-state index is 12.3. The number of benzene rings is 1. The van der Waals surface area contributed by atoms with Crippen molar-refractivity contribution < 1.29 is 14.3 Å². The van der Waals surface area contributed by atoms with Crippen molar-refractivity contribution in [3.63, 3.8) is 0 Å². The van der Waals surface area contributed by atoms with Crippen LogP contribution in [0.2, 0.25) is 0 Å². The predicted molar refractivity (Wildman–Crippen MR) is 71.6 cm³/mol. The Bertz CT molecular complexity index is 444. The second kappa shape index (κ2) is 6.36. The van der Waals surface area contributed by atoms with Gasteiger partial charge in [-0.25, -0.2) is 9.69 Å². The standard InChI is InChI=1S/C15H19NO3/c1-2-19-15(18)16-10-6-9-13(14(16)17)11-12-7-4-3-5-8-12/h3-5,7-8,13H,2,6,9-11H2,1H3/t13-/m0/s1. The molecule has 0 N–H and O–H groups in total. The van der Waals surface area contributed by atoms with Gasteiger partial charge in [0.25, 0.3) is 0 Å². The summed E-state index contributed by atoms with van der Waals surface area (Å²) in [5, 5.41) is 0. The Morgan fingerprint density at radius 1 is 1.37 bits per heavy atom. The highest BCUT2D eigenvalue weighted by Gasteiger charge is 2.33. The molecule has 1 aromatic carbocycles. The summed E-state index contributed by atoms with van der Waals surface area (Å²) in [5.41, 5.74) is 1.13. The van der Waals surface area contributed by atoms with E-state index in [4.69, 9.17) is 4.74 Å². The van der Waals surface area contributed by atoms with Crippen LogP contribution in [0.5, 0.6) is 0 Å². The fourth-order valence-electron chi connectivity index (χ4n) is 2.42. The molecule has 0 bridgehead atoms. The number of rotatable bonds is 3. The summed E-state index contributed by atoms with van der Waals surface area (Å²) in [6.45, 7) is 2.52. The molecule has 0 aromatic heterocycles. The minimum Gasteiger partial charge on any atom is -0.449 e. The third-order valence-electron chi connectivity index (χ3n) is 3.36. The Hall–Kier alpha value is -1.84. The summed E-state index contributed by atoms with van der Waals surface area (Å²) in [5.74, 6) is -0.214. The molecule has 102 valence electrons. The molecule has 2 rings (SSSR count). The van der Waals surface area contributed by atoms with Crippen molar-refractivity contribution in [1.29, 1.82) is 0 Å². The zero-order valence-electron chi connectivity index (χ0n) is 11.2. The Kier molecular flexibility index (Phi) is 4.55. The van der Waals surface area contributed by atoms with E-state index in [9.17, 15) is 9.59 Å². The zero-order chi connectivity index (χ0) is 13.7. The van der Waals surface area contributed by atoms with E-state index in [0.717, 1.165) is 18.4 Å². The third kappa shape index (κ3) is 3.34. The van der Waals surface area contributed by atoms with Crippen LogP contribution in [0.1, 0.15) is 25.3 Å². The molecule has 0 aliphatic carbocycles. The first-order valence-corrected chi connectivity index (χ1v) is 6.74. The lowest BCUT2D eigenvalue weighted by atomic mass is 9.91. The first-order valence-electron chi connectivity index (χ1n) is 6.74. The van der Waals surface area contributed by atoms with E-state index in [1.54, 1.807) is 6.92 Å². The highest BCUT2D eigenvalue weighted by Crippen LogP contribution is 2.22. The van der Waals surface area contributed by atoms with Crippen molar-refractivity contribution in [1.82, 2.24) is 4.90 Å². The Balaban J connectivity index is 2.02. The van der Waals surface area contributed by atoms with Crippen molar-refractivity contribution in [2.45, 2.75) is 26.2 Å². The number of hydrogen-bond donors (Lipinski definition) is 0. The van der Waals surface area contributed by atoms with Gasteiger partial charge < -0.3 is 4.74 Å². The predicted octanol–water partition coefficient (Wildman–Crippen LogP) is 2.62. The number of ether oxygens (including phenoxy) is 1. The third-order valence-corrected chi connectivity index (χ3v) is 3.36. The first-order chi connectivity index (χ1) is 9.22. The zero-order valence-corrected chi connectivity index (χ0v) is 11.2. The minimum absolute atomic E-state index is 0.103. The summed E-state index contributed by atoms with van der Waals surface area (Å²) in [4.78, 5) is 25.2. The van der Waals surface area contributed by atoms with E-state index in [0.29, 0.717) is 19.6 Å². The van der Waals surface area contributed by atoms with Crippen molar-refractivity contribution >= 4 is 12.0 Å². The van der Waals surface area contributed by atoms with E-state index in [1.165, 1.54) is 4.90 Å². The Labute approximate surface area is 113 Å². The Morgan fingerprint density at radius 2 is 2.11 bits per heavy atom. The van der Waals surface area contributed by atoms with Gasteiger partial charge in [-0.1, -0.05) is 30.3 Å². The number of carbonyl (C=O) groups is 2. The molecule has 0 spiro atoms. The molecule has 1 fully saturated rings. The average molecular weight is 261 g/mol. The van der Waals surface area contributed by atoms with Gasteiger partial charge in [-0.2, -0.15) is 0 Å². The second-order valence-corrected chi connectivity index (χ2v) is 4.72. The van der Waals surface area contributed by atoms with Gasteiger partial charge in [0.1, 0.15) is 0 Å². The van der Waals surface area contributed by atoms with E-state index < -0.39 is 6.09 Å². The van der Waals surface area contributed by atoms with Gasteiger partial charge >= 0.3 is 6.09 Å². The molecule has 1 aliphatic heterocycles. The maximum absolute atomic E-state index is 12.3. The summed E-state index contributed by atoms with van der Waals surface area (Å²) in [6, 6.07) is 9.90. The lowest BCUT2D eigenvalue weighted by molar-refractivity contribution is -0.136. The van der Waals surface area contributed by atoms with Crippen molar-refractivity contribution in [2.75, 3.05) is 13.2 Å². The number of imide groups is 1. The van der Waals surface area contributed by atoms with Gasteiger partial charge in [0.05, 0.1) is 6.61 Å². The van der Waals surface area contributed by atoms with Crippen LogP contribution in [0.25, 0.3) is 0 Å². The fraction of sp³-hybridized carbons (Fsp3) is 0.467. The lowest BCUT2D eigenvalue weighted by Gasteiger charge is -2.30. The van der Waals surface area contributed by atoms with Gasteiger partial charge in [0.2, 0.25) is 5.91 Å². The lowest BCUT2D eigenvalue weighted by Crippen LogP contribution is -2.45. The largest absolute Gasteiger partial charge is 0.449 e. The molecule has 0 unspecified atom stereocenters. The summed E-state index contributed by atoms with van der Waals surface area (Å²) < 4.78 is 4.92. The number of piperidine rings is 1. The van der Waals surface area contributed by atoms with Crippen molar-refractivity contribution in [2.24, 2.45) is 5.92 Å². The molecular formula is C15H19NO3. The molecule has 19 heavy (non-hydrogen) atoms. The molecular weight excluding hydrogens is 242 g/mol. The molecule has 4 nitrogen and oxygen atoms in total. The highest BCUT2D eigenvalue weighted by molar-refractivity contribution is 5.93. The smallest absolute Gasteiger partial charge is 0.416 e. The molecule has 1 heterocycles. The van der Waals surface area contributed by atoms with Gasteiger partial charge in [0, 0.05) is 12.5 Å². The SMILES string of the molecule is CCOC(=O)N1CCC[C@@H](Cc2ccccc2)C1=O. The number of carbonyl (C=O) groups excluding carboxylic acids is 2. The quantitative estimate of drug-likeness (QED) is 0.840. The molecule has 0 radical (unpaired) electrons. The molecule has 0 saturated carbocycles. The van der Waals surface area contributed by atoms with Gasteiger partial charge in [-0.05, 0) is 31.7 Å². The van der Waals surface area contributed by atoms with Crippen LogP contribution >= 0.6 is 0 Å². The molecule has 1 atom stereocenters. The highest BCUT2D eigenvalue weighted by atomic mass is 16.6. The number of amides is 2. The maximum Gasteiger partial charge on any atom is 0.416 e. The van der Waals surface area contributed by atoms with Crippen molar-refractivity contribution in [3.8, 4) is 0 Å². The molecule has 1 aromatic rings. The summed E-state index contributed by atoms with van der Waals surface area (Å²) in [7, 11) is 0. The van der Waals surface area contributed by atoms with Gasteiger partial charge in [0.15, 0.2) is 0 Å². The van der Waals surface area contributed by atoms with E-state index in [-0.39, 0.29) is 11.8 Å². The van der Waals surface area contributed by atoms with E-state index in [2.05, 4.69) is 0 Å². The summed E-state index contributed by atoms with van der Waals surface area (Å²) in [6.07, 6.45) is 1.87. The van der Waals surface area contributed by atoms with Crippen molar-refractivity contribution in [3.05, 3.63) is 35.9 Å². The van der Waals surface area contributed by atoms with Gasteiger partial charge in [-0.15, -0.1) is 0 Å². The van der Waals surface area contributed by atoms with E-state index >= 15 is 0 Å². The molecule has 4 heteroatoms. The molecule has 1 saturated heterocycles. The Morgan fingerprint density at radius 3 is 2.79 bits per heavy atom. The number of hydrogen-bond acceptors (Lipinski definition) is 3. The van der Waals surface area contributed by atoms with Crippen LogP contribution in [0.4, 0.5) is 4.79 Å². The number of likely N-dealkylation sites (tertiary alicyclic amines) is 1. The van der Waals surface area contributed by atoms with Crippen LogP contribution in [-0.4, -0.2) is 30.1 Å². The van der Waals surface area contributed by atoms with Crippen LogP contribution in [-0.2, 0) is 16.0 Å². The second-order valence-electron chi connectivity index (χ2n) is 4.72. The topological polar surface area (TPSA) is 46.6 Å². The van der Waals surface area contributed by atoms with Crippen LogP contribution in [0.3, 0.4) is 0 Å². The monoisotopic (exact) mass is 261 g/mol. The minimum atomic E-state index is -0.509. The van der Waals surface area contributed by atoms with Crippen LogP contribution in [0, 0.1) is 5.92 Å². The van der Waals surface area contributed by atoms with Crippen LogP contribution < -0.4 is 0 Å². The van der Waals surface area contributed by atoms with Gasteiger partial charge in [-0.3, -0.25) is 4.79 Å². The summed E-state index contributed by atoms with van der Waals surface area (Å²) >= 11 is 0. The van der Waals surface area contributed by atoms with Crippen LogP contribution in [0.15, 0.2) is 30.3 Å².